The third-order valence-electron chi connectivity index (χ3n) is 2.70. The predicted molar refractivity (Wildman–Crippen MR) is 80.0 cm³/mol. The molecule has 0 aromatic heterocycles. The normalized spacial score (nSPS) is 10.3. The van der Waals surface area contributed by atoms with Crippen LogP contribution in [0.15, 0.2) is 46.9 Å². The van der Waals surface area contributed by atoms with Crippen LogP contribution in [0.25, 0.3) is 0 Å². The molecule has 0 atom stereocenters. The van der Waals surface area contributed by atoms with Gasteiger partial charge in [-0.15, -0.1) is 0 Å². The van der Waals surface area contributed by atoms with Crippen LogP contribution < -0.4 is 4.90 Å². The van der Waals surface area contributed by atoms with Gasteiger partial charge in [0.05, 0.1) is 10.6 Å². The van der Waals surface area contributed by atoms with Crippen molar-refractivity contribution in [2.45, 2.75) is 0 Å². The number of anilines is 1. The summed E-state index contributed by atoms with van der Waals surface area (Å²) < 4.78 is 0.791. The van der Waals surface area contributed by atoms with E-state index in [1.807, 2.05) is 0 Å². The SMILES string of the molecule is CN(C(=O)c1cc(Br)ccc1Cl)c1ccc(O)cc1. The molecule has 1 amide bonds. The molecule has 2 aromatic carbocycles. The Morgan fingerprint density at radius 1 is 1.21 bits per heavy atom. The fourth-order valence-corrected chi connectivity index (χ4v) is 2.20. The smallest absolute Gasteiger partial charge is 0.259 e. The van der Waals surface area contributed by atoms with Crippen molar-refractivity contribution < 1.29 is 9.90 Å². The van der Waals surface area contributed by atoms with Gasteiger partial charge >= 0.3 is 0 Å². The minimum Gasteiger partial charge on any atom is -0.508 e. The lowest BCUT2D eigenvalue weighted by Crippen LogP contribution is -2.26. The second-order valence-electron chi connectivity index (χ2n) is 4.00. The molecule has 0 aliphatic rings. The van der Waals surface area contributed by atoms with Crippen molar-refractivity contribution in [3.63, 3.8) is 0 Å². The standard InChI is InChI=1S/C14H11BrClNO2/c1-17(10-3-5-11(18)6-4-10)14(19)12-8-9(15)2-7-13(12)16/h2-8,18H,1H3. The number of hydrogen-bond donors (Lipinski definition) is 1. The summed E-state index contributed by atoms with van der Waals surface area (Å²) in [5.74, 6) is -0.0536. The molecule has 19 heavy (non-hydrogen) atoms. The highest BCUT2D eigenvalue weighted by atomic mass is 79.9. The molecule has 0 bridgehead atoms. The first-order valence-corrected chi connectivity index (χ1v) is 6.68. The monoisotopic (exact) mass is 339 g/mol. The Morgan fingerprint density at radius 3 is 2.47 bits per heavy atom. The van der Waals surface area contributed by atoms with E-state index in [9.17, 15) is 9.90 Å². The quantitative estimate of drug-likeness (QED) is 0.894. The van der Waals surface area contributed by atoms with Gasteiger partial charge in [0.25, 0.3) is 5.91 Å². The molecule has 1 N–H and O–H groups in total. The van der Waals surface area contributed by atoms with E-state index in [1.165, 1.54) is 17.0 Å². The van der Waals surface area contributed by atoms with E-state index in [0.717, 1.165) is 4.47 Å². The molecule has 2 rings (SSSR count). The fraction of sp³-hybridized carbons (Fsp3) is 0.0714. The van der Waals surface area contributed by atoms with E-state index in [-0.39, 0.29) is 11.7 Å². The van der Waals surface area contributed by atoms with Crippen molar-refractivity contribution in [3.05, 3.63) is 57.5 Å². The van der Waals surface area contributed by atoms with E-state index in [0.29, 0.717) is 16.3 Å². The zero-order chi connectivity index (χ0) is 14.0. The highest BCUT2D eigenvalue weighted by Crippen LogP contribution is 2.25. The largest absolute Gasteiger partial charge is 0.508 e. The van der Waals surface area contributed by atoms with Crippen molar-refractivity contribution >= 4 is 39.1 Å². The number of phenols is 1. The Balaban J connectivity index is 2.33. The third kappa shape index (κ3) is 3.08. The van der Waals surface area contributed by atoms with E-state index >= 15 is 0 Å². The van der Waals surface area contributed by atoms with E-state index < -0.39 is 0 Å². The lowest BCUT2D eigenvalue weighted by molar-refractivity contribution is 0.0993. The van der Waals surface area contributed by atoms with Gasteiger partial charge in [-0.25, -0.2) is 0 Å². The summed E-state index contributed by atoms with van der Waals surface area (Å²) in [6.45, 7) is 0. The minimum atomic E-state index is -0.211. The van der Waals surface area contributed by atoms with Crippen LogP contribution in [0.3, 0.4) is 0 Å². The summed E-state index contributed by atoms with van der Waals surface area (Å²) >= 11 is 9.36. The average Bonchev–Trinajstić information content (AvgIpc) is 2.41. The molecule has 0 aliphatic carbocycles. The summed E-state index contributed by atoms with van der Waals surface area (Å²) in [5, 5.41) is 9.65. The lowest BCUT2D eigenvalue weighted by Gasteiger charge is -2.18. The summed E-state index contributed by atoms with van der Waals surface area (Å²) in [6.07, 6.45) is 0. The number of halogens is 2. The van der Waals surface area contributed by atoms with E-state index in [4.69, 9.17) is 11.6 Å². The Bertz CT molecular complexity index is 613. The number of hydrogen-bond acceptors (Lipinski definition) is 2. The number of aromatic hydroxyl groups is 1. The van der Waals surface area contributed by atoms with Gasteiger partial charge in [0, 0.05) is 17.2 Å². The summed E-state index contributed by atoms with van der Waals surface area (Å²) in [4.78, 5) is 13.8. The van der Waals surface area contributed by atoms with E-state index in [1.54, 1.807) is 37.4 Å². The molecule has 0 saturated heterocycles. The topological polar surface area (TPSA) is 40.5 Å². The van der Waals surface area contributed by atoms with Crippen LogP contribution >= 0.6 is 27.5 Å². The second kappa shape index (κ2) is 5.63. The summed E-state index contributed by atoms with van der Waals surface area (Å²) in [6, 6.07) is 11.5. The molecule has 0 unspecified atom stereocenters. The molecular weight excluding hydrogens is 330 g/mol. The van der Waals surface area contributed by atoms with Crippen molar-refractivity contribution in [2.75, 3.05) is 11.9 Å². The fourth-order valence-electron chi connectivity index (χ4n) is 1.64. The number of phenolic OH excluding ortho intramolecular Hbond substituents is 1. The van der Waals surface area contributed by atoms with Crippen LogP contribution in [0, 0.1) is 0 Å². The van der Waals surface area contributed by atoms with Gasteiger partial charge in [0.15, 0.2) is 0 Å². The Kier molecular flexibility index (Phi) is 4.12. The molecule has 0 saturated carbocycles. The molecule has 0 heterocycles. The van der Waals surface area contributed by atoms with Crippen molar-refractivity contribution in [1.29, 1.82) is 0 Å². The molecule has 0 fully saturated rings. The molecule has 0 aliphatic heterocycles. The van der Waals surface area contributed by atoms with Crippen molar-refractivity contribution in [2.24, 2.45) is 0 Å². The molecule has 2 aromatic rings. The zero-order valence-corrected chi connectivity index (χ0v) is 12.4. The number of benzene rings is 2. The first-order chi connectivity index (χ1) is 8.99. The number of carbonyl (C=O) groups is 1. The molecule has 98 valence electrons. The van der Waals surface area contributed by atoms with Gasteiger partial charge in [0.1, 0.15) is 5.75 Å². The maximum absolute atomic E-state index is 12.4. The number of rotatable bonds is 2. The molecular formula is C14H11BrClNO2. The third-order valence-corrected chi connectivity index (χ3v) is 3.52. The van der Waals surface area contributed by atoms with Gasteiger partial charge in [-0.2, -0.15) is 0 Å². The Morgan fingerprint density at radius 2 is 1.84 bits per heavy atom. The van der Waals surface area contributed by atoms with Crippen LogP contribution in [0.4, 0.5) is 5.69 Å². The van der Waals surface area contributed by atoms with Crippen LogP contribution in [0.2, 0.25) is 5.02 Å². The summed E-state index contributed by atoms with van der Waals surface area (Å²) in [7, 11) is 1.66. The van der Waals surface area contributed by atoms with Gasteiger partial charge < -0.3 is 10.0 Å². The van der Waals surface area contributed by atoms with E-state index in [2.05, 4.69) is 15.9 Å². The number of carbonyl (C=O) groups excluding carboxylic acids is 1. The summed E-state index contributed by atoms with van der Waals surface area (Å²) in [5.41, 5.74) is 1.10. The first kappa shape index (κ1) is 13.9. The van der Waals surface area contributed by atoms with Gasteiger partial charge in [-0.3, -0.25) is 4.79 Å². The average molecular weight is 341 g/mol. The Hall–Kier alpha value is -1.52. The predicted octanol–water partition coefficient (Wildman–Crippen LogP) is 4.08. The minimum absolute atomic E-state index is 0.157. The van der Waals surface area contributed by atoms with Crippen molar-refractivity contribution in [3.8, 4) is 5.75 Å². The van der Waals surface area contributed by atoms with Gasteiger partial charge in [0.2, 0.25) is 0 Å². The van der Waals surface area contributed by atoms with Crippen molar-refractivity contribution in [1.82, 2.24) is 0 Å². The second-order valence-corrected chi connectivity index (χ2v) is 5.33. The highest BCUT2D eigenvalue weighted by molar-refractivity contribution is 9.10. The number of nitrogens with zero attached hydrogens (tertiary/aromatic N) is 1. The van der Waals surface area contributed by atoms with Crippen LogP contribution in [0.5, 0.6) is 5.75 Å². The van der Waals surface area contributed by atoms with Gasteiger partial charge in [-0.05, 0) is 42.5 Å². The maximum atomic E-state index is 12.4. The first-order valence-electron chi connectivity index (χ1n) is 5.51. The Labute approximate surface area is 124 Å². The van der Waals surface area contributed by atoms with Crippen LogP contribution in [-0.4, -0.2) is 18.1 Å². The molecule has 5 heteroatoms. The van der Waals surface area contributed by atoms with Crippen LogP contribution in [0.1, 0.15) is 10.4 Å². The molecule has 0 spiro atoms. The molecule has 3 nitrogen and oxygen atoms in total. The number of amides is 1. The maximum Gasteiger partial charge on any atom is 0.259 e. The van der Waals surface area contributed by atoms with Gasteiger partial charge in [-0.1, -0.05) is 27.5 Å². The van der Waals surface area contributed by atoms with Crippen LogP contribution in [-0.2, 0) is 0 Å². The lowest BCUT2D eigenvalue weighted by atomic mass is 10.2. The zero-order valence-electron chi connectivity index (χ0n) is 10.1. The highest BCUT2D eigenvalue weighted by Gasteiger charge is 2.16. The molecule has 0 radical (unpaired) electrons.